The van der Waals surface area contributed by atoms with E-state index in [4.69, 9.17) is 5.73 Å². The third-order valence-corrected chi connectivity index (χ3v) is 4.08. The van der Waals surface area contributed by atoms with Crippen LogP contribution in [0.25, 0.3) is 0 Å². The van der Waals surface area contributed by atoms with E-state index < -0.39 is 11.9 Å². The Kier molecular flexibility index (Phi) is 4.58. The van der Waals surface area contributed by atoms with Crippen molar-refractivity contribution in [1.29, 1.82) is 0 Å². The van der Waals surface area contributed by atoms with Crippen LogP contribution in [0.5, 0.6) is 0 Å². The molecule has 0 fully saturated rings. The first-order valence-corrected chi connectivity index (χ1v) is 7.94. The predicted molar refractivity (Wildman–Crippen MR) is 84.5 cm³/mol. The number of nitrogens with zero attached hydrogens (tertiary/aromatic N) is 3. The fraction of sp³-hybridized carbons (Fsp3) is 0.688. The normalized spacial score (nSPS) is 18.5. The molecule has 0 spiro atoms. The summed E-state index contributed by atoms with van der Waals surface area (Å²) in [6.45, 7) is 9.17. The van der Waals surface area contributed by atoms with Gasteiger partial charge in [0, 0.05) is 12.0 Å². The minimum absolute atomic E-state index is 0.139. The quantitative estimate of drug-likeness (QED) is 0.840. The number of primary amides is 1. The zero-order valence-electron chi connectivity index (χ0n) is 13.9. The SMILES string of the molecule is CCCCCN1C(=O)c2cc(C(C)(C)C)nn2CC1C(N)=O. The van der Waals surface area contributed by atoms with E-state index in [-0.39, 0.29) is 11.3 Å². The van der Waals surface area contributed by atoms with Crippen molar-refractivity contribution in [3.8, 4) is 0 Å². The fourth-order valence-corrected chi connectivity index (χ4v) is 2.68. The molecule has 0 saturated heterocycles. The van der Waals surface area contributed by atoms with Crippen molar-refractivity contribution in [2.24, 2.45) is 5.73 Å². The maximum absolute atomic E-state index is 12.7. The first kappa shape index (κ1) is 16.5. The summed E-state index contributed by atoms with van der Waals surface area (Å²) in [4.78, 5) is 26.1. The molecule has 122 valence electrons. The molecule has 1 aliphatic rings. The van der Waals surface area contributed by atoms with Gasteiger partial charge in [-0.1, -0.05) is 40.5 Å². The van der Waals surface area contributed by atoms with Gasteiger partial charge in [0.15, 0.2) is 0 Å². The van der Waals surface area contributed by atoms with Crippen LogP contribution in [0.4, 0.5) is 0 Å². The summed E-state index contributed by atoms with van der Waals surface area (Å²) in [7, 11) is 0. The van der Waals surface area contributed by atoms with Crippen LogP contribution < -0.4 is 5.73 Å². The van der Waals surface area contributed by atoms with Crippen LogP contribution in [-0.2, 0) is 16.8 Å². The molecule has 0 saturated carbocycles. The number of fused-ring (bicyclic) bond motifs is 1. The summed E-state index contributed by atoms with van der Waals surface area (Å²) in [6, 6.07) is 1.23. The van der Waals surface area contributed by atoms with Crippen LogP contribution in [0, 0.1) is 0 Å². The van der Waals surface area contributed by atoms with Gasteiger partial charge < -0.3 is 10.6 Å². The predicted octanol–water partition coefficient (Wildman–Crippen LogP) is 1.68. The molecule has 2 heterocycles. The second-order valence-corrected chi connectivity index (χ2v) is 6.97. The number of hydrogen-bond donors (Lipinski definition) is 1. The minimum atomic E-state index is -0.607. The Balaban J connectivity index is 2.31. The molecule has 6 nitrogen and oxygen atoms in total. The summed E-state index contributed by atoms with van der Waals surface area (Å²) >= 11 is 0. The first-order chi connectivity index (χ1) is 10.3. The van der Waals surface area contributed by atoms with E-state index in [2.05, 4.69) is 32.8 Å². The molecule has 1 aliphatic heterocycles. The molecule has 0 radical (unpaired) electrons. The Morgan fingerprint density at radius 2 is 2.09 bits per heavy atom. The molecule has 1 atom stereocenters. The lowest BCUT2D eigenvalue weighted by Gasteiger charge is -2.33. The lowest BCUT2D eigenvalue weighted by atomic mass is 9.92. The van der Waals surface area contributed by atoms with Crippen LogP contribution in [0.15, 0.2) is 6.07 Å². The smallest absolute Gasteiger partial charge is 0.272 e. The van der Waals surface area contributed by atoms with Gasteiger partial charge in [-0.05, 0) is 12.5 Å². The van der Waals surface area contributed by atoms with E-state index in [1.165, 1.54) is 0 Å². The zero-order valence-corrected chi connectivity index (χ0v) is 13.9. The highest BCUT2D eigenvalue weighted by molar-refractivity contribution is 5.97. The van der Waals surface area contributed by atoms with Crippen molar-refractivity contribution in [3.63, 3.8) is 0 Å². The number of carbonyl (C=O) groups excluding carboxylic acids is 2. The third-order valence-electron chi connectivity index (χ3n) is 4.08. The highest BCUT2D eigenvalue weighted by atomic mass is 16.2. The molecule has 0 bridgehead atoms. The molecule has 1 aromatic heterocycles. The van der Waals surface area contributed by atoms with Gasteiger partial charge in [-0.15, -0.1) is 0 Å². The van der Waals surface area contributed by atoms with Gasteiger partial charge in [0.1, 0.15) is 11.7 Å². The second kappa shape index (κ2) is 6.10. The Morgan fingerprint density at radius 1 is 1.41 bits per heavy atom. The van der Waals surface area contributed by atoms with Crippen LogP contribution in [-0.4, -0.2) is 39.1 Å². The maximum Gasteiger partial charge on any atom is 0.272 e. The van der Waals surface area contributed by atoms with E-state index in [0.717, 1.165) is 25.0 Å². The number of amides is 2. The summed E-state index contributed by atoms with van der Waals surface area (Å²) in [5.41, 5.74) is 6.77. The fourth-order valence-electron chi connectivity index (χ4n) is 2.68. The monoisotopic (exact) mass is 306 g/mol. The van der Waals surface area contributed by atoms with E-state index in [1.807, 2.05) is 6.07 Å². The molecular formula is C16H26N4O2. The number of carbonyl (C=O) groups is 2. The van der Waals surface area contributed by atoms with Gasteiger partial charge in [-0.3, -0.25) is 14.3 Å². The number of hydrogen-bond acceptors (Lipinski definition) is 3. The van der Waals surface area contributed by atoms with E-state index >= 15 is 0 Å². The van der Waals surface area contributed by atoms with Crippen LogP contribution in [0.3, 0.4) is 0 Å². The number of unbranched alkanes of at least 4 members (excludes halogenated alkanes) is 2. The lowest BCUT2D eigenvalue weighted by molar-refractivity contribution is -0.123. The Labute approximate surface area is 131 Å². The largest absolute Gasteiger partial charge is 0.368 e. The van der Waals surface area contributed by atoms with Crippen molar-refractivity contribution < 1.29 is 9.59 Å². The molecule has 6 heteroatoms. The van der Waals surface area contributed by atoms with Crippen molar-refractivity contribution in [1.82, 2.24) is 14.7 Å². The van der Waals surface area contributed by atoms with Crippen molar-refractivity contribution in [2.45, 2.75) is 65.0 Å². The average molecular weight is 306 g/mol. The zero-order chi connectivity index (χ0) is 16.5. The Morgan fingerprint density at radius 3 is 2.64 bits per heavy atom. The molecule has 2 N–H and O–H groups in total. The second-order valence-electron chi connectivity index (χ2n) is 6.97. The first-order valence-electron chi connectivity index (χ1n) is 7.94. The van der Waals surface area contributed by atoms with Gasteiger partial charge >= 0.3 is 0 Å². The van der Waals surface area contributed by atoms with E-state index in [0.29, 0.717) is 18.8 Å². The van der Waals surface area contributed by atoms with Crippen molar-refractivity contribution in [2.75, 3.05) is 6.54 Å². The summed E-state index contributed by atoms with van der Waals surface area (Å²) < 4.78 is 1.63. The van der Waals surface area contributed by atoms with E-state index in [9.17, 15) is 9.59 Å². The van der Waals surface area contributed by atoms with Gasteiger partial charge in [0.05, 0.1) is 12.2 Å². The van der Waals surface area contributed by atoms with Gasteiger partial charge in [-0.2, -0.15) is 5.10 Å². The molecule has 2 amide bonds. The summed E-state index contributed by atoms with van der Waals surface area (Å²) in [5.74, 6) is -0.613. The lowest BCUT2D eigenvalue weighted by Crippen LogP contribution is -2.54. The Bertz CT molecular complexity index is 571. The standard InChI is InChI=1S/C16H26N4O2/c1-5-6-7-8-19-12(14(17)21)10-20-11(15(19)22)9-13(18-20)16(2,3)4/h9,12H,5-8,10H2,1-4H3,(H2,17,21). The maximum atomic E-state index is 12.7. The van der Waals surface area contributed by atoms with Crippen LogP contribution in [0.1, 0.15) is 63.1 Å². The van der Waals surface area contributed by atoms with Crippen molar-refractivity contribution in [3.05, 3.63) is 17.5 Å². The number of aromatic nitrogens is 2. The van der Waals surface area contributed by atoms with Crippen LogP contribution >= 0.6 is 0 Å². The summed E-state index contributed by atoms with van der Waals surface area (Å²) in [6.07, 6.45) is 2.98. The molecule has 0 aromatic carbocycles. The minimum Gasteiger partial charge on any atom is -0.368 e. The molecule has 0 aliphatic carbocycles. The number of nitrogens with two attached hydrogens (primary N) is 1. The van der Waals surface area contributed by atoms with Gasteiger partial charge in [0.25, 0.3) is 5.91 Å². The highest BCUT2D eigenvalue weighted by Gasteiger charge is 2.37. The average Bonchev–Trinajstić information content (AvgIpc) is 2.85. The third kappa shape index (κ3) is 3.15. The van der Waals surface area contributed by atoms with Crippen molar-refractivity contribution >= 4 is 11.8 Å². The molecule has 2 rings (SSSR count). The molecule has 1 unspecified atom stereocenters. The topological polar surface area (TPSA) is 81.2 Å². The molecule has 22 heavy (non-hydrogen) atoms. The van der Waals surface area contributed by atoms with E-state index in [1.54, 1.807) is 9.58 Å². The van der Waals surface area contributed by atoms with Gasteiger partial charge in [0.2, 0.25) is 5.91 Å². The summed E-state index contributed by atoms with van der Waals surface area (Å²) in [5, 5.41) is 4.50. The molecule has 1 aromatic rings. The molecular weight excluding hydrogens is 280 g/mol. The Hall–Kier alpha value is -1.85. The van der Waals surface area contributed by atoms with Crippen LogP contribution in [0.2, 0.25) is 0 Å². The highest BCUT2D eigenvalue weighted by Crippen LogP contribution is 2.25. The van der Waals surface area contributed by atoms with Gasteiger partial charge in [-0.25, -0.2) is 0 Å². The number of rotatable bonds is 5.